The predicted molar refractivity (Wildman–Crippen MR) is 113 cm³/mol. The van der Waals surface area contributed by atoms with Gasteiger partial charge in [-0.25, -0.2) is 4.98 Å². The maximum absolute atomic E-state index is 12.7. The summed E-state index contributed by atoms with van der Waals surface area (Å²) in [6.45, 7) is 5.35. The second-order valence-electron chi connectivity index (χ2n) is 7.25. The normalized spacial score (nSPS) is 17.6. The molecule has 1 atom stereocenters. The lowest BCUT2D eigenvalue weighted by Gasteiger charge is -2.30. The van der Waals surface area contributed by atoms with Crippen molar-refractivity contribution in [2.24, 2.45) is 5.92 Å². The Hall–Kier alpha value is -2.22. The Kier molecular flexibility index (Phi) is 5.75. The summed E-state index contributed by atoms with van der Waals surface area (Å²) in [5.41, 5.74) is 2.99. The monoisotopic (exact) mass is 415 g/mol. The minimum Gasteiger partial charge on any atom is -0.298 e. The molecule has 0 spiro atoms. The topological polar surface area (TPSA) is 73.9 Å². The van der Waals surface area contributed by atoms with E-state index in [1.165, 1.54) is 30.4 Å². The summed E-state index contributed by atoms with van der Waals surface area (Å²) in [6, 6.07) is 7.28. The molecule has 2 aromatic heterocycles. The van der Waals surface area contributed by atoms with Crippen molar-refractivity contribution in [3.63, 3.8) is 0 Å². The third-order valence-corrected chi connectivity index (χ3v) is 5.97. The Morgan fingerprint density at radius 2 is 2.21 bits per heavy atom. The van der Waals surface area contributed by atoms with Gasteiger partial charge in [0.25, 0.3) is 5.91 Å². The summed E-state index contributed by atoms with van der Waals surface area (Å²) in [5.74, 6) is 0.505. The zero-order valence-electron chi connectivity index (χ0n) is 15.6. The Balaban J connectivity index is 1.43. The summed E-state index contributed by atoms with van der Waals surface area (Å²) in [7, 11) is 0. The first-order valence-corrected chi connectivity index (χ1v) is 10.6. The van der Waals surface area contributed by atoms with Gasteiger partial charge >= 0.3 is 0 Å². The lowest BCUT2D eigenvalue weighted by Crippen LogP contribution is -2.33. The molecule has 3 heterocycles. The van der Waals surface area contributed by atoms with Crippen molar-refractivity contribution >= 4 is 34.0 Å². The van der Waals surface area contributed by atoms with E-state index < -0.39 is 0 Å². The molecule has 28 heavy (non-hydrogen) atoms. The molecule has 4 rings (SSSR count). The van der Waals surface area contributed by atoms with Gasteiger partial charge < -0.3 is 0 Å². The van der Waals surface area contributed by atoms with Gasteiger partial charge in [-0.05, 0) is 37.4 Å². The minimum absolute atomic E-state index is 0.230. The highest BCUT2D eigenvalue weighted by Gasteiger charge is 2.19. The van der Waals surface area contributed by atoms with Gasteiger partial charge in [0.15, 0.2) is 5.13 Å². The molecule has 3 aromatic rings. The van der Waals surface area contributed by atoms with E-state index in [2.05, 4.69) is 32.3 Å². The zero-order valence-corrected chi connectivity index (χ0v) is 17.2. The lowest BCUT2D eigenvalue weighted by molar-refractivity contribution is 0.102. The molecule has 146 valence electrons. The van der Waals surface area contributed by atoms with E-state index in [-0.39, 0.29) is 5.91 Å². The molecule has 1 amide bonds. The van der Waals surface area contributed by atoms with Crippen LogP contribution in [0.4, 0.5) is 5.13 Å². The maximum atomic E-state index is 12.7. The average Bonchev–Trinajstić information content (AvgIpc) is 3.32. The largest absolute Gasteiger partial charge is 0.298 e. The van der Waals surface area contributed by atoms with Crippen molar-refractivity contribution in [2.45, 2.75) is 26.3 Å². The highest BCUT2D eigenvalue weighted by Crippen LogP contribution is 2.25. The average molecular weight is 416 g/mol. The SMILES string of the molecule is CC1CCCN(Cc2csc(NC(=O)c3cn[nH]c3-c3ccc(Cl)cc3)n2)C1. The number of carbonyl (C=O) groups excluding carboxylic acids is 1. The van der Waals surface area contributed by atoms with Crippen molar-refractivity contribution < 1.29 is 4.79 Å². The molecule has 6 nitrogen and oxygen atoms in total. The number of hydrogen-bond acceptors (Lipinski definition) is 5. The molecule has 8 heteroatoms. The number of nitrogens with zero attached hydrogens (tertiary/aromatic N) is 3. The molecule has 0 aliphatic carbocycles. The Morgan fingerprint density at radius 1 is 1.39 bits per heavy atom. The summed E-state index contributed by atoms with van der Waals surface area (Å²) in [6.07, 6.45) is 4.07. The van der Waals surface area contributed by atoms with Crippen LogP contribution in [0.1, 0.15) is 35.8 Å². The van der Waals surface area contributed by atoms with Crippen LogP contribution in [0, 0.1) is 5.92 Å². The van der Waals surface area contributed by atoms with E-state index in [4.69, 9.17) is 11.6 Å². The molecule has 0 radical (unpaired) electrons. The minimum atomic E-state index is -0.230. The molecule has 1 fully saturated rings. The zero-order chi connectivity index (χ0) is 19.5. The Labute approximate surface area is 172 Å². The highest BCUT2D eigenvalue weighted by molar-refractivity contribution is 7.14. The fourth-order valence-corrected chi connectivity index (χ4v) is 4.38. The summed E-state index contributed by atoms with van der Waals surface area (Å²) in [4.78, 5) is 19.8. The van der Waals surface area contributed by atoms with Crippen LogP contribution in [0.3, 0.4) is 0 Å². The summed E-state index contributed by atoms with van der Waals surface area (Å²) >= 11 is 7.40. The van der Waals surface area contributed by atoms with E-state index in [0.29, 0.717) is 21.4 Å². The number of H-pyrrole nitrogens is 1. The maximum Gasteiger partial charge on any atom is 0.261 e. The van der Waals surface area contributed by atoms with Gasteiger partial charge in [0.05, 0.1) is 23.1 Å². The number of carbonyl (C=O) groups is 1. The molecule has 2 N–H and O–H groups in total. The number of aromatic nitrogens is 3. The number of piperidine rings is 1. The van der Waals surface area contributed by atoms with E-state index >= 15 is 0 Å². The van der Waals surface area contributed by atoms with Crippen LogP contribution in [0.5, 0.6) is 0 Å². The number of halogens is 1. The lowest BCUT2D eigenvalue weighted by atomic mass is 10.0. The molecule has 1 aliphatic heterocycles. The van der Waals surface area contributed by atoms with Crippen LogP contribution in [-0.4, -0.2) is 39.1 Å². The molecule has 0 saturated carbocycles. The highest BCUT2D eigenvalue weighted by atomic mass is 35.5. The third-order valence-electron chi connectivity index (χ3n) is 4.92. The molecule has 1 aromatic carbocycles. The number of thiazole rings is 1. The molecule has 0 bridgehead atoms. The van der Waals surface area contributed by atoms with Crippen LogP contribution in [0.2, 0.25) is 5.02 Å². The molecule has 1 aliphatic rings. The van der Waals surface area contributed by atoms with Crippen LogP contribution in [-0.2, 0) is 6.54 Å². The van der Waals surface area contributed by atoms with Crippen molar-refractivity contribution in [2.75, 3.05) is 18.4 Å². The van der Waals surface area contributed by atoms with Crippen molar-refractivity contribution in [1.29, 1.82) is 0 Å². The van der Waals surface area contributed by atoms with E-state index in [0.717, 1.165) is 36.8 Å². The molecule has 1 unspecified atom stereocenters. The number of aromatic amines is 1. The van der Waals surface area contributed by atoms with Gasteiger partial charge in [-0.3, -0.25) is 20.1 Å². The van der Waals surface area contributed by atoms with Crippen molar-refractivity contribution in [3.8, 4) is 11.3 Å². The number of rotatable bonds is 5. The first-order chi connectivity index (χ1) is 13.6. The second-order valence-corrected chi connectivity index (χ2v) is 8.54. The fourth-order valence-electron chi connectivity index (χ4n) is 3.56. The standard InChI is InChI=1S/C20H22ClN5OS/c1-13-3-2-8-26(10-13)11-16-12-28-20(23-16)24-19(27)17-9-22-25-18(17)14-4-6-15(21)7-5-14/h4-7,9,12-13H,2-3,8,10-11H2,1H3,(H,22,25)(H,23,24,27). The predicted octanol–water partition coefficient (Wildman–Crippen LogP) is 4.67. The third kappa shape index (κ3) is 4.43. The molecular formula is C20H22ClN5OS. The number of likely N-dealkylation sites (tertiary alicyclic amines) is 1. The molecular weight excluding hydrogens is 394 g/mol. The first-order valence-electron chi connectivity index (χ1n) is 9.36. The van der Waals surface area contributed by atoms with Gasteiger partial charge in [0, 0.05) is 29.1 Å². The van der Waals surface area contributed by atoms with Crippen LogP contribution in [0.25, 0.3) is 11.3 Å². The van der Waals surface area contributed by atoms with E-state index in [1.54, 1.807) is 12.1 Å². The van der Waals surface area contributed by atoms with E-state index in [1.807, 2.05) is 17.5 Å². The van der Waals surface area contributed by atoms with E-state index in [9.17, 15) is 4.79 Å². The van der Waals surface area contributed by atoms with Crippen LogP contribution in [0.15, 0.2) is 35.8 Å². The number of anilines is 1. The first kappa shape index (κ1) is 19.1. The molecule has 1 saturated heterocycles. The van der Waals surface area contributed by atoms with Gasteiger partial charge in [0.1, 0.15) is 0 Å². The second kappa shape index (κ2) is 8.43. The number of nitrogens with one attached hydrogen (secondary N) is 2. The van der Waals surface area contributed by atoms with Crippen LogP contribution < -0.4 is 5.32 Å². The van der Waals surface area contributed by atoms with Crippen molar-refractivity contribution in [1.82, 2.24) is 20.1 Å². The van der Waals surface area contributed by atoms with Crippen molar-refractivity contribution in [3.05, 3.63) is 52.1 Å². The van der Waals surface area contributed by atoms with Gasteiger partial charge in [-0.1, -0.05) is 30.7 Å². The summed E-state index contributed by atoms with van der Waals surface area (Å²) in [5, 5.41) is 13.1. The number of hydrogen-bond donors (Lipinski definition) is 2. The van der Waals surface area contributed by atoms with Gasteiger partial charge in [-0.2, -0.15) is 5.10 Å². The van der Waals surface area contributed by atoms with Gasteiger partial charge in [0.2, 0.25) is 0 Å². The number of benzene rings is 1. The fraction of sp³-hybridized carbons (Fsp3) is 0.350. The quantitative estimate of drug-likeness (QED) is 0.635. The number of amides is 1. The van der Waals surface area contributed by atoms with Crippen LogP contribution >= 0.6 is 22.9 Å². The Bertz CT molecular complexity index is 952. The summed E-state index contributed by atoms with van der Waals surface area (Å²) < 4.78 is 0. The van der Waals surface area contributed by atoms with Gasteiger partial charge in [-0.15, -0.1) is 11.3 Å². The Morgan fingerprint density at radius 3 is 3.00 bits per heavy atom. The smallest absolute Gasteiger partial charge is 0.261 e.